The average molecular weight is 330 g/mol. The number of benzene rings is 1. The van der Waals surface area contributed by atoms with Crippen LogP contribution in [0.1, 0.15) is 23.6 Å². The highest BCUT2D eigenvalue weighted by atomic mass is 35.5. The molecule has 1 saturated heterocycles. The van der Waals surface area contributed by atoms with Crippen molar-refractivity contribution < 1.29 is 9.59 Å². The van der Waals surface area contributed by atoms with Gasteiger partial charge in [0, 0.05) is 6.20 Å². The van der Waals surface area contributed by atoms with Gasteiger partial charge in [-0.3, -0.25) is 9.69 Å². The zero-order valence-electron chi connectivity index (χ0n) is 12.8. The summed E-state index contributed by atoms with van der Waals surface area (Å²) < 4.78 is 0. The molecule has 6 heteroatoms. The van der Waals surface area contributed by atoms with Crippen molar-refractivity contribution in [2.24, 2.45) is 0 Å². The van der Waals surface area contributed by atoms with Crippen LogP contribution in [0.3, 0.4) is 0 Å². The van der Waals surface area contributed by atoms with Crippen molar-refractivity contribution in [2.45, 2.75) is 25.9 Å². The molecule has 1 aromatic carbocycles. The summed E-state index contributed by atoms with van der Waals surface area (Å²) >= 11 is 5.75. The Morgan fingerprint density at radius 1 is 1.17 bits per heavy atom. The lowest BCUT2D eigenvalue weighted by atomic mass is 9.91. The van der Waals surface area contributed by atoms with E-state index in [1.165, 1.54) is 4.90 Å². The number of halogens is 1. The number of rotatable bonds is 3. The molecule has 2 heterocycles. The largest absolute Gasteiger partial charge is 0.325 e. The molecule has 3 rings (SSSR count). The number of pyridine rings is 1. The van der Waals surface area contributed by atoms with Gasteiger partial charge in [0.25, 0.3) is 5.91 Å². The lowest BCUT2D eigenvalue weighted by Crippen LogP contribution is -2.40. The van der Waals surface area contributed by atoms with E-state index in [1.54, 1.807) is 25.3 Å². The van der Waals surface area contributed by atoms with E-state index in [0.717, 1.165) is 16.7 Å². The lowest BCUT2D eigenvalue weighted by molar-refractivity contribution is -0.131. The maximum Gasteiger partial charge on any atom is 0.325 e. The van der Waals surface area contributed by atoms with E-state index < -0.39 is 11.6 Å². The Labute approximate surface area is 139 Å². The molecule has 1 aliphatic rings. The third kappa shape index (κ3) is 2.80. The van der Waals surface area contributed by atoms with Gasteiger partial charge in [-0.25, -0.2) is 9.78 Å². The minimum absolute atomic E-state index is 0.163. The van der Waals surface area contributed by atoms with Crippen molar-refractivity contribution in [1.82, 2.24) is 15.2 Å². The topological polar surface area (TPSA) is 62.3 Å². The van der Waals surface area contributed by atoms with Crippen molar-refractivity contribution in [1.29, 1.82) is 0 Å². The van der Waals surface area contributed by atoms with Crippen LogP contribution in [0.15, 0.2) is 42.6 Å². The van der Waals surface area contributed by atoms with Crippen LogP contribution in [-0.4, -0.2) is 21.8 Å². The Hall–Kier alpha value is -2.40. The molecular formula is C17H16ClN3O2. The van der Waals surface area contributed by atoms with Crippen molar-refractivity contribution in [3.05, 3.63) is 64.4 Å². The van der Waals surface area contributed by atoms with Gasteiger partial charge < -0.3 is 5.32 Å². The number of carbonyl (C=O) groups excluding carboxylic acids is 2. The number of hydrogen-bond acceptors (Lipinski definition) is 3. The first-order valence-corrected chi connectivity index (χ1v) is 7.59. The molecule has 0 spiro atoms. The van der Waals surface area contributed by atoms with Crippen molar-refractivity contribution >= 4 is 23.5 Å². The molecule has 1 fully saturated rings. The van der Waals surface area contributed by atoms with E-state index in [9.17, 15) is 9.59 Å². The van der Waals surface area contributed by atoms with E-state index in [4.69, 9.17) is 11.6 Å². The minimum atomic E-state index is -1.05. The van der Waals surface area contributed by atoms with Crippen LogP contribution < -0.4 is 5.32 Å². The molecule has 1 atom stereocenters. The van der Waals surface area contributed by atoms with Crippen LogP contribution in [-0.2, 0) is 16.9 Å². The number of urea groups is 1. The van der Waals surface area contributed by atoms with E-state index >= 15 is 0 Å². The molecule has 1 unspecified atom stereocenters. The maximum atomic E-state index is 12.8. The monoisotopic (exact) mass is 329 g/mol. The summed E-state index contributed by atoms with van der Waals surface area (Å²) in [5, 5.41) is 3.16. The van der Waals surface area contributed by atoms with Crippen LogP contribution in [0.25, 0.3) is 0 Å². The maximum absolute atomic E-state index is 12.8. The Bertz CT molecular complexity index is 758. The third-order valence-electron chi connectivity index (χ3n) is 4.03. The quantitative estimate of drug-likeness (QED) is 0.695. The second-order valence-electron chi connectivity index (χ2n) is 5.80. The first-order chi connectivity index (χ1) is 10.9. The number of hydrogen-bond donors (Lipinski definition) is 1. The third-order valence-corrected chi connectivity index (χ3v) is 4.26. The highest BCUT2D eigenvalue weighted by molar-refractivity contribution is 6.29. The van der Waals surface area contributed by atoms with E-state index in [-0.39, 0.29) is 12.5 Å². The number of nitrogens with zero attached hydrogens (tertiary/aromatic N) is 2. The molecule has 5 nitrogen and oxygen atoms in total. The number of aryl methyl sites for hydroxylation is 1. The number of amides is 3. The number of nitrogens with one attached hydrogen (secondary N) is 1. The molecule has 0 radical (unpaired) electrons. The normalized spacial score (nSPS) is 20.7. The standard InChI is InChI=1S/C17H16ClN3O2/c1-11-3-6-13(7-4-11)17(2)15(22)21(16(23)20-17)10-12-5-8-14(18)19-9-12/h3-9H,10H2,1-2H3,(H,20,23). The molecule has 0 bridgehead atoms. The molecule has 0 aliphatic carbocycles. The first kappa shape index (κ1) is 15.5. The van der Waals surface area contributed by atoms with Gasteiger partial charge in [0.15, 0.2) is 0 Å². The van der Waals surface area contributed by atoms with Gasteiger partial charge in [0.1, 0.15) is 10.7 Å². The van der Waals surface area contributed by atoms with Crippen molar-refractivity contribution in [2.75, 3.05) is 0 Å². The molecule has 1 N–H and O–H groups in total. The van der Waals surface area contributed by atoms with E-state index in [1.807, 2.05) is 31.2 Å². The molecule has 23 heavy (non-hydrogen) atoms. The Morgan fingerprint density at radius 2 is 1.87 bits per heavy atom. The fraction of sp³-hybridized carbons (Fsp3) is 0.235. The molecule has 0 saturated carbocycles. The summed E-state index contributed by atoms with van der Waals surface area (Å²) in [5.41, 5.74) is 1.55. The van der Waals surface area contributed by atoms with E-state index in [0.29, 0.717) is 5.15 Å². The van der Waals surface area contributed by atoms with Gasteiger partial charge in [-0.1, -0.05) is 47.5 Å². The van der Waals surface area contributed by atoms with Crippen LogP contribution in [0, 0.1) is 6.92 Å². The lowest BCUT2D eigenvalue weighted by Gasteiger charge is -2.22. The van der Waals surface area contributed by atoms with Gasteiger partial charge >= 0.3 is 6.03 Å². The zero-order valence-corrected chi connectivity index (χ0v) is 13.6. The molecule has 1 aliphatic heterocycles. The number of aromatic nitrogens is 1. The van der Waals surface area contributed by atoms with E-state index in [2.05, 4.69) is 10.3 Å². The van der Waals surface area contributed by atoms with Crippen LogP contribution in [0.5, 0.6) is 0 Å². The molecule has 3 amide bonds. The number of imide groups is 1. The van der Waals surface area contributed by atoms with Crippen molar-refractivity contribution in [3.8, 4) is 0 Å². The van der Waals surface area contributed by atoms with Gasteiger partial charge in [0.05, 0.1) is 6.54 Å². The van der Waals surface area contributed by atoms with Gasteiger partial charge in [-0.05, 0) is 31.0 Å². The summed E-state index contributed by atoms with van der Waals surface area (Å²) in [4.78, 5) is 30.2. The molecule has 118 valence electrons. The predicted molar refractivity (Wildman–Crippen MR) is 86.9 cm³/mol. The smallest absolute Gasteiger partial charge is 0.319 e. The number of carbonyl (C=O) groups is 2. The molecular weight excluding hydrogens is 314 g/mol. The zero-order chi connectivity index (χ0) is 16.6. The summed E-state index contributed by atoms with van der Waals surface area (Å²) in [6.45, 7) is 3.86. The first-order valence-electron chi connectivity index (χ1n) is 7.22. The van der Waals surface area contributed by atoms with Gasteiger partial charge in [-0.2, -0.15) is 0 Å². The SMILES string of the molecule is Cc1ccc(C2(C)NC(=O)N(Cc3ccc(Cl)nc3)C2=O)cc1. The Kier molecular flexibility index (Phi) is 3.82. The molecule has 1 aromatic heterocycles. The predicted octanol–water partition coefficient (Wildman–Crippen LogP) is 3.01. The fourth-order valence-corrected chi connectivity index (χ4v) is 2.72. The highest BCUT2D eigenvalue weighted by Gasteiger charge is 2.48. The average Bonchev–Trinajstić information content (AvgIpc) is 2.74. The molecule has 2 aromatic rings. The Morgan fingerprint density at radius 3 is 2.48 bits per heavy atom. The summed E-state index contributed by atoms with van der Waals surface area (Å²) in [5.74, 6) is -0.277. The van der Waals surface area contributed by atoms with Gasteiger partial charge in [-0.15, -0.1) is 0 Å². The fourth-order valence-electron chi connectivity index (χ4n) is 2.61. The van der Waals surface area contributed by atoms with Crippen LogP contribution in [0.2, 0.25) is 5.15 Å². The highest BCUT2D eigenvalue weighted by Crippen LogP contribution is 2.29. The van der Waals surface area contributed by atoms with Crippen molar-refractivity contribution in [3.63, 3.8) is 0 Å². The second-order valence-corrected chi connectivity index (χ2v) is 6.19. The Balaban J connectivity index is 1.87. The summed E-state index contributed by atoms with van der Waals surface area (Å²) in [6.07, 6.45) is 1.56. The van der Waals surface area contributed by atoms with Crippen LogP contribution in [0.4, 0.5) is 4.79 Å². The van der Waals surface area contributed by atoms with Gasteiger partial charge in [0.2, 0.25) is 0 Å². The summed E-state index contributed by atoms with van der Waals surface area (Å²) in [6, 6.07) is 10.5. The second kappa shape index (κ2) is 5.66. The summed E-state index contributed by atoms with van der Waals surface area (Å²) in [7, 11) is 0. The van der Waals surface area contributed by atoms with Crippen LogP contribution >= 0.6 is 11.6 Å². The minimum Gasteiger partial charge on any atom is -0.319 e.